The number of rotatable bonds is 7. The van der Waals surface area contributed by atoms with E-state index >= 15 is 0 Å². The molecule has 0 spiro atoms. The summed E-state index contributed by atoms with van der Waals surface area (Å²) in [6.45, 7) is 2.49. The molecule has 1 aromatic rings. The molecule has 0 bridgehead atoms. The first kappa shape index (κ1) is 16.3. The minimum Gasteiger partial charge on any atom is -0.506 e. The van der Waals surface area contributed by atoms with E-state index < -0.39 is 15.2 Å². The Labute approximate surface area is 119 Å². The molecule has 1 rings (SSSR count). The van der Waals surface area contributed by atoms with Crippen molar-refractivity contribution < 1.29 is 18.3 Å². The number of sulfone groups is 1. The maximum atomic E-state index is 12.5. The second-order valence-corrected chi connectivity index (χ2v) is 6.27. The number of anilines is 1. The summed E-state index contributed by atoms with van der Waals surface area (Å²) in [5.41, 5.74) is 5.56. The van der Waals surface area contributed by atoms with Crippen LogP contribution < -0.4 is 11.1 Å². The van der Waals surface area contributed by atoms with Gasteiger partial charge in [-0.2, -0.15) is 0 Å². The highest BCUT2D eigenvalue weighted by atomic mass is 32.2. The highest BCUT2D eigenvalue weighted by molar-refractivity contribution is 7.92. The predicted molar refractivity (Wildman–Crippen MR) is 77.9 cm³/mol. The second kappa shape index (κ2) is 7.16. The Hall–Kier alpha value is -1.73. The van der Waals surface area contributed by atoms with Crippen molar-refractivity contribution in [3.05, 3.63) is 30.5 Å². The van der Waals surface area contributed by atoms with Crippen LogP contribution in [0.25, 0.3) is 0 Å². The van der Waals surface area contributed by atoms with Crippen molar-refractivity contribution in [1.82, 2.24) is 5.32 Å². The van der Waals surface area contributed by atoms with Crippen LogP contribution in [0.3, 0.4) is 0 Å². The molecule has 6 nitrogen and oxygen atoms in total. The summed E-state index contributed by atoms with van der Waals surface area (Å²) in [7, 11) is -2.21. The molecule has 1 unspecified atom stereocenters. The van der Waals surface area contributed by atoms with Gasteiger partial charge < -0.3 is 15.6 Å². The van der Waals surface area contributed by atoms with Gasteiger partial charge in [-0.1, -0.05) is 6.92 Å². The minimum atomic E-state index is -3.65. The Balaban J connectivity index is 3.13. The number of hydrogen-bond acceptors (Lipinski definition) is 6. The van der Waals surface area contributed by atoms with Gasteiger partial charge in [0.2, 0.25) is 0 Å². The van der Waals surface area contributed by atoms with Crippen LogP contribution >= 0.6 is 0 Å². The van der Waals surface area contributed by atoms with Crippen LogP contribution in [0.15, 0.2) is 35.4 Å². The SMILES string of the molecule is CCCNC(C=COC)S(=O)(=O)c1ccc(O)c(N)c1. The first-order valence-corrected chi connectivity index (χ1v) is 7.73. The van der Waals surface area contributed by atoms with E-state index in [1.807, 2.05) is 6.92 Å². The molecule has 0 saturated carbocycles. The number of hydrogen-bond donors (Lipinski definition) is 3. The Morgan fingerprint density at radius 3 is 2.75 bits per heavy atom. The van der Waals surface area contributed by atoms with E-state index in [9.17, 15) is 13.5 Å². The first-order valence-electron chi connectivity index (χ1n) is 6.18. The van der Waals surface area contributed by atoms with Crippen molar-refractivity contribution in [2.45, 2.75) is 23.6 Å². The highest BCUT2D eigenvalue weighted by Gasteiger charge is 2.25. The lowest BCUT2D eigenvalue weighted by atomic mass is 10.3. The Morgan fingerprint density at radius 1 is 1.50 bits per heavy atom. The van der Waals surface area contributed by atoms with Crippen molar-refractivity contribution in [3.63, 3.8) is 0 Å². The van der Waals surface area contributed by atoms with E-state index in [2.05, 4.69) is 5.32 Å². The average Bonchev–Trinajstić information content (AvgIpc) is 2.41. The first-order chi connectivity index (χ1) is 9.43. The van der Waals surface area contributed by atoms with Crippen LogP contribution in [-0.2, 0) is 14.6 Å². The number of aromatic hydroxyl groups is 1. The van der Waals surface area contributed by atoms with Gasteiger partial charge in [-0.05, 0) is 37.2 Å². The molecule has 7 heteroatoms. The van der Waals surface area contributed by atoms with Crippen LogP contribution in [0.2, 0.25) is 0 Å². The molecule has 1 aromatic carbocycles. The van der Waals surface area contributed by atoms with Crippen LogP contribution in [0, 0.1) is 0 Å². The van der Waals surface area contributed by atoms with Gasteiger partial charge in [0.1, 0.15) is 11.1 Å². The number of methoxy groups -OCH3 is 1. The molecule has 0 fully saturated rings. The number of phenols is 1. The Bertz CT molecular complexity index is 570. The zero-order valence-corrected chi connectivity index (χ0v) is 12.4. The number of phenolic OH excluding ortho intramolecular Hbond substituents is 1. The summed E-state index contributed by atoms with van der Waals surface area (Å²) in [4.78, 5) is 0.0437. The third kappa shape index (κ3) is 3.88. The number of nitrogens with two attached hydrogens (primary N) is 1. The molecule has 0 aliphatic rings. The van der Waals surface area contributed by atoms with Crippen molar-refractivity contribution in [2.75, 3.05) is 19.4 Å². The molecular weight excluding hydrogens is 280 g/mol. The van der Waals surface area contributed by atoms with Crippen LogP contribution in [0.4, 0.5) is 5.69 Å². The molecule has 0 amide bonds. The van der Waals surface area contributed by atoms with Gasteiger partial charge >= 0.3 is 0 Å². The van der Waals surface area contributed by atoms with Crippen LogP contribution in [0.1, 0.15) is 13.3 Å². The lowest BCUT2D eigenvalue weighted by Gasteiger charge is -2.16. The van der Waals surface area contributed by atoms with E-state index in [4.69, 9.17) is 10.5 Å². The van der Waals surface area contributed by atoms with E-state index in [1.165, 1.54) is 37.6 Å². The van der Waals surface area contributed by atoms with Crippen molar-refractivity contribution >= 4 is 15.5 Å². The minimum absolute atomic E-state index is 0.0241. The molecule has 20 heavy (non-hydrogen) atoms. The van der Waals surface area contributed by atoms with Gasteiger partial charge in [-0.3, -0.25) is 5.32 Å². The molecule has 0 aliphatic heterocycles. The van der Waals surface area contributed by atoms with E-state index in [1.54, 1.807) is 0 Å². The molecule has 0 aromatic heterocycles. The number of ether oxygens (including phenoxy) is 1. The van der Waals surface area contributed by atoms with E-state index in [0.717, 1.165) is 6.42 Å². The van der Waals surface area contributed by atoms with Crippen molar-refractivity contribution in [3.8, 4) is 5.75 Å². The molecule has 0 radical (unpaired) electrons. The third-order valence-electron chi connectivity index (χ3n) is 2.65. The molecule has 0 aliphatic carbocycles. The second-order valence-electron chi connectivity index (χ2n) is 4.20. The largest absolute Gasteiger partial charge is 0.506 e. The topological polar surface area (TPSA) is 102 Å². The fraction of sp³-hybridized carbons (Fsp3) is 0.385. The maximum Gasteiger partial charge on any atom is 0.198 e. The van der Waals surface area contributed by atoms with Crippen molar-refractivity contribution in [1.29, 1.82) is 0 Å². The van der Waals surface area contributed by atoms with Crippen molar-refractivity contribution in [2.24, 2.45) is 0 Å². The summed E-state index contributed by atoms with van der Waals surface area (Å²) >= 11 is 0. The molecule has 0 heterocycles. The maximum absolute atomic E-state index is 12.5. The quantitative estimate of drug-likeness (QED) is 0.398. The number of nitrogen functional groups attached to an aromatic ring is 1. The fourth-order valence-electron chi connectivity index (χ4n) is 1.57. The lowest BCUT2D eigenvalue weighted by Crippen LogP contribution is -2.35. The van der Waals surface area contributed by atoms with Gasteiger partial charge in [0.25, 0.3) is 0 Å². The summed E-state index contributed by atoms with van der Waals surface area (Å²) in [5, 5.41) is 11.4. The normalized spacial score (nSPS) is 13.5. The summed E-state index contributed by atoms with van der Waals surface area (Å²) in [6.07, 6.45) is 3.53. The van der Waals surface area contributed by atoms with E-state index in [0.29, 0.717) is 6.54 Å². The molecule has 0 saturated heterocycles. The molecule has 1 atom stereocenters. The predicted octanol–water partition coefficient (Wildman–Crippen LogP) is 1.23. The van der Waals surface area contributed by atoms with Crippen LogP contribution in [-0.4, -0.2) is 32.6 Å². The number of benzene rings is 1. The smallest absolute Gasteiger partial charge is 0.198 e. The van der Waals surface area contributed by atoms with Gasteiger partial charge in [0.15, 0.2) is 9.84 Å². The van der Waals surface area contributed by atoms with Gasteiger partial charge in [0, 0.05) is 0 Å². The van der Waals surface area contributed by atoms with E-state index in [-0.39, 0.29) is 16.3 Å². The van der Waals surface area contributed by atoms with Crippen LogP contribution in [0.5, 0.6) is 5.75 Å². The molecule has 4 N–H and O–H groups in total. The van der Waals surface area contributed by atoms with Gasteiger partial charge in [-0.15, -0.1) is 0 Å². The zero-order chi connectivity index (χ0) is 15.2. The fourth-order valence-corrected chi connectivity index (χ4v) is 3.02. The summed E-state index contributed by atoms with van der Waals surface area (Å²) in [5.74, 6) is -0.144. The summed E-state index contributed by atoms with van der Waals surface area (Å²) < 4.78 is 29.8. The Kier molecular flexibility index (Phi) is 5.84. The highest BCUT2D eigenvalue weighted by Crippen LogP contribution is 2.25. The monoisotopic (exact) mass is 300 g/mol. The van der Waals surface area contributed by atoms with Gasteiger partial charge in [-0.25, -0.2) is 8.42 Å². The molecular formula is C13H20N2O4S. The zero-order valence-electron chi connectivity index (χ0n) is 11.5. The summed E-state index contributed by atoms with van der Waals surface area (Å²) in [6, 6.07) is 3.83. The average molecular weight is 300 g/mol. The molecule has 112 valence electrons. The van der Waals surface area contributed by atoms with Gasteiger partial charge in [0.05, 0.1) is 24.0 Å². The lowest BCUT2D eigenvalue weighted by molar-refractivity contribution is 0.335. The third-order valence-corrected chi connectivity index (χ3v) is 4.55. The Morgan fingerprint density at radius 2 is 2.20 bits per heavy atom. The number of nitrogens with one attached hydrogen (secondary N) is 1. The standard InChI is InChI=1S/C13H20N2O4S/c1-3-7-15-13(6-8-19-2)20(17,18)10-4-5-12(16)11(14)9-10/h4-6,8-9,13,15-16H,3,7,14H2,1-2H3.